The summed E-state index contributed by atoms with van der Waals surface area (Å²) < 4.78 is 0.921. The van der Waals surface area contributed by atoms with Gasteiger partial charge in [-0.3, -0.25) is 29.0 Å². The van der Waals surface area contributed by atoms with Crippen molar-refractivity contribution in [2.45, 2.75) is 51.4 Å². The van der Waals surface area contributed by atoms with E-state index in [9.17, 15) is 19.2 Å². The first-order valence-electron chi connectivity index (χ1n) is 11.7. The van der Waals surface area contributed by atoms with Crippen LogP contribution >= 0.6 is 48.0 Å². The summed E-state index contributed by atoms with van der Waals surface area (Å²) in [6, 6.07) is 0. The van der Waals surface area contributed by atoms with E-state index in [4.69, 9.17) is 24.4 Å². The lowest BCUT2D eigenvalue weighted by Gasteiger charge is -2.35. The Labute approximate surface area is 218 Å². The first-order chi connectivity index (χ1) is 16.4. The lowest BCUT2D eigenvalue weighted by molar-refractivity contribution is -0.139. The normalized spacial score (nSPS) is 26.5. The Morgan fingerprint density at radius 1 is 0.529 bits per heavy atom. The highest BCUT2D eigenvalue weighted by atomic mass is 32.2. The van der Waals surface area contributed by atoms with Crippen LogP contribution in [0, 0.1) is 0 Å². The molecular formula is C22H28N4O4S4. The lowest BCUT2D eigenvalue weighted by atomic mass is 10.1. The number of piperazine rings is 1. The summed E-state index contributed by atoms with van der Waals surface area (Å²) in [6.45, 7) is 3.29. The zero-order valence-corrected chi connectivity index (χ0v) is 22.2. The van der Waals surface area contributed by atoms with Gasteiger partial charge >= 0.3 is 0 Å². The number of hydrogen-bond donors (Lipinski definition) is 0. The van der Waals surface area contributed by atoms with Crippen LogP contribution in [0.1, 0.15) is 51.4 Å². The Morgan fingerprint density at radius 3 is 1.29 bits per heavy atom. The van der Waals surface area contributed by atoms with Gasteiger partial charge in [0.25, 0.3) is 11.8 Å². The van der Waals surface area contributed by atoms with Crippen molar-refractivity contribution in [1.82, 2.24) is 19.6 Å². The minimum Gasteiger partial charge on any atom is -0.339 e. The summed E-state index contributed by atoms with van der Waals surface area (Å²) in [6.07, 6.45) is 5.49. The van der Waals surface area contributed by atoms with Crippen LogP contribution in [-0.4, -0.2) is 91.1 Å². The monoisotopic (exact) mass is 540 g/mol. The first kappa shape index (κ1) is 25.6. The van der Waals surface area contributed by atoms with Crippen LogP contribution in [0.3, 0.4) is 0 Å². The molecule has 0 N–H and O–H groups in total. The molecule has 4 amide bonds. The molecule has 0 unspecified atom stereocenters. The van der Waals surface area contributed by atoms with Gasteiger partial charge in [0, 0.05) is 52.1 Å². The summed E-state index contributed by atoms with van der Waals surface area (Å²) >= 11 is 13.2. The minimum absolute atomic E-state index is 0.127. The molecule has 0 aromatic carbocycles. The molecule has 0 radical (unpaired) electrons. The number of amides is 4. The first-order valence-corrected chi connectivity index (χ1v) is 14.2. The molecule has 0 aliphatic carbocycles. The highest BCUT2D eigenvalue weighted by Crippen LogP contribution is 2.42. The largest absolute Gasteiger partial charge is 0.339 e. The Kier molecular flexibility index (Phi) is 8.65. The number of carbonyl (C=O) groups is 4. The average Bonchev–Trinajstić information content (AvgIpc) is 3.26. The van der Waals surface area contributed by atoms with Crippen LogP contribution in [0.4, 0.5) is 0 Å². The van der Waals surface area contributed by atoms with E-state index in [0.717, 1.165) is 38.5 Å². The van der Waals surface area contributed by atoms with Gasteiger partial charge in [-0.2, -0.15) is 0 Å². The van der Waals surface area contributed by atoms with Crippen molar-refractivity contribution >= 4 is 80.2 Å². The van der Waals surface area contributed by atoms with Gasteiger partial charge in [-0.1, -0.05) is 60.8 Å². The van der Waals surface area contributed by atoms with Crippen LogP contribution < -0.4 is 0 Å². The fraction of sp³-hybridized carbons (Fsp3) is 0.636. The number of fused-ring (bicyclic) bond motifs is 12. The third-order valence-electron chi connectivity index (χ3n) is 6.43. The molecule has 5 rings (SSSR count). The van der Waals surface area contributed by atoms with E-state index in [1.807, 2.05) is 9.80 Å². The fourth-order valence-electron chi connectivity index (χ4n) is 4.42. The molecular weight excluding hydrogens is 513 g/mol. The van der Waals surface area contributed by atoms with E-state index >= 15 is 0 Å². The molecule has 0 aromatic rings. The maximum Gasteiger partial charge on any atom is 0.267 e. The minimum atomic E-state index is -0.231. The van der Waals surface area contributed by atoms with Crippen molar-refractivity contribution in [3.8, 4) is 0 Å². The molecule has 5 aliphatic rings. The second kappa shape index (κ2) is 11.5. The molecule has 5 aliphatic heterocycles. The smallest absolute Gasteiger partial charge is 0.267 e. The Bertz CT molecular complexity index is 871. The molecule has 6 bridgehead atoms. The van der Waals surface area contributed by atoms with Gasteiger partial charge in [0.1, 0.15) is 8.64 Å². The molecule has 3 fully saturated rings. The number of thioether (sulfide) groups is 2. The lowest BCUT2D eigenvalue weighted by Crippen LogP contribution is -2.50. The number of carbonyl (C=O) groups excluding carboxylic acids is 4. The van der Waals surface area contributed by atoms with Gasteiger partial charge in [0.15, 0.2) is 0 Å². The molecule has 5 heterocycles. The fourth-order valence-corrected chi connectivity index (χ4v) is 7.19. The van der Waals surface area contributed by atoms with E-state index in [2.05, 4.69) is 0 Å². The summed E-state index contributed by atoms with van der Waals surface area (Å²) in [5.74, 6) is -0.209. The second-order valence-corrected chi connectivity index (χ2v) is 12.0. The van der Waals surface area contributed by atoms with Gasteiger partial charge < -0.3 is 9.80 Å². The topological polar surface area (TPSA) is 81.2 Å². The third kappa shape index (κ3) is 5.66. The zero-order chi connectivity index (χ0) is 24.2. The molecule has 0 aromatic heterocycles. The van der Waals surface area contributed by atoms with Crippen LogP contribution in [-0.2, 0) is 19.2 Å². The van der Waals surface area contributed by atoms with E-state index < -0.39 is 0 Å². The van der Waals surface area contributed by atoms with Crippen LogP contribution in [0.15, 0.2) is 9.81 Å². The van der Waals surface area contributed by atoms with E-state index in [-0.39, 0.29) is 23.6 Å². The molecule has 0 spiro atoms. The predicted octanol–water partition coefficient (Wildman–Crippen LogP) is 2.72. The van der Waals surface area contributed by atoms with Crippen molar-refractivity contribution in [1.29, 1.82) is 0 Å². The Balaban J connectivity index is 1.45. The Hall–Kier alpha value is -1.50. The van der Waals surface area contributed by atoms with Crippen LogP contribution in [0.5, 0.6) is 0 Å². The van der Waals surface area contributed by atoms with E-state index in [1.54, 1.807) is 9.80 Å². The van der Waals surface area contributed by atoms with Crippen molar-refractivity contribution in [2.24, 2.45) is 0 Å². The molecule has 12 heteroatoms. The van der Waals surface area contributed by atoms with Crippen molar-refractivity contribution in [2.75, 3.05) is 39.3 Å². The third-order valence-corrected chi connectivity index (χ3v) is 9.46. The molecule has 8 nitrogen and oxygen atoms in total. The maximum atomic E-state index is 13.0. The number of thiocarbonyl (C=S) groups is 2. The van der Waals surface area contributed by atoms with Crippen LogP contribution in [0.25, 0.3) is 0 Å². The highest BCUT2D eigenvalue weighted by Gasteiger charge is 2.41. The quantitative estimate of drug-likeness (QED) is 0.434. The molecule has 0 saturated carbocycles. The standard InChI is InChI=1S/C22H28N4O4S4/c27-15-7-3-1-5-9-25-19(29)17(33-21(25)31)18-20(30)26(22(32)34-18)10-6-2-4-8-16(28)24-13-11-23(15)12-14-24/h1-14H2/b18-17+. The zero-order valence-electron chi connectivity index (χ0n) is 19.0. The van der Waals surface area contributed by atoms with Crippen molar-refractivity contribution in [3.63, 3.8) is 0 Å². The molecule has 184 valence electrons. The van der Waals surface area contributed by atoms with Gasteiger partial charge in [-0.05, 0) is 25.7 Å². The van der Waals surface area contributed by atoms with Gasteiger partial charge in [-0.25, -0.2) is 0 Å². The highest BCUT2D eigenvalue weighted by molar-refractivity contribution is 8.29. The number of nitrogens with zero attached hydrogens (tertiary/aromatic N) is 4. The summed E-state index contributed by atoms with van der Waals surface area (Å²) in [4.78, 5) is 58.7. The molecule has 34 heavy (non-hydrogen) atoms. The predicted molar refractivity (Wildman–Crippen MR) is 141 cm³/mol. The maximum absolute atomic E-state index is 13.0. The van der Waals surface area contributed by atoms with E-state index in [0.29, 0.717) is 70.6 Å². The number of rotatable bonds is 0. The SMILES string of the molecule is O=C1CCCCCN2C(=O)/C(=C3\SC(=S)N(CCCCCC(=O)N4CCN1CC4)C3=O)SC2=S. The average molecular weight is 541 g/mol. The number of hydrogen-bond acceptors (Lipinski definition) is 8. The molecule has 0 atom stereocenters. The Morgan fingerprint density at radius 2 is 0.912 bits per heavy atom. The summed E-state index contributed by atoms with van der Waals surface area (Å²) in [7, 11) is 0. The summed E-state index contributed by atoms with van der Waals surface area (Å²) in [5, 5.41) is 0. The van der Waals surface area contributed by atoms with Gasteiger partial charge in [-0.15, -0.1) is 0 Å². The van der Waals surface area contributed by atoms with E-state index in [1.165, 1.54) is 23.5 Å². The summed E-state index contributed by atoms with van der Waals surface area (Å²) in [5.41, 5.74) is 0. The van der Waals surface area contributed by atoms with Gasteiger partial charge in [0.2, 0.25) is 11.8 Å². The second-order valence-electron chi connectivity index (χ2n) is 8.69. The van der Waals surface area contributed by atoms with Crippen molar-refractivity contribution < 1.29 is 19.2 Å². The van der Waals surface area contributed by atoms with Crippen molar-refractivity contribution in [3.05, 3.63) is 9.81 Å². The van der Waals surface area contributed by atoms with Gasteiger partial charge in [0.05, 0.1) is 9.81 Å². The molecule has 3 saturated heterocycles. The van der Waals surface area contributed by atoms with Crippen LogP contribution in [0.2, 0.25) is 0 Å².